The van der Waals surface area contributed by atoms with Crippen LogP contribution in [0, 0.1) is 6.92 Å². The summed E-state index contributed by atoms with van der Waals surface area (Å²) < 4.78 is 7.20. The molecule has 0 N–H and O–H groups in total. The first kappa shape index (κ1) is 17.2. The van der Waals surface area contributed by atoms with Gasteiger partial charge in [-0.2, -0.15) is 0 Å². The largest absolute Gasteiger partial charge is 0.464 e. The Bertz CT molecular complexity index is 830. The molecule has 0 radical (unpaired) electrons. The maximum atomic E-state index is 12.3. The van der Waals surface area contributed by atoms with Gasteiger partial charge in [0.25, 0.3) is 0 Å². The average molecular weight is 357 g/mol. The number of nitrogens with zero attached hydrogens (tertiary/aromatic N) is 5. The molecule has 1 amide bonds. The molecule has 0 spiro atoms. The number of rotatable bonds is 7. The number of hydrogen-bond donors (Lipinski definition) is 0. The predicted molar refractivity (Wildman–Crippen MR) is 94.0 cm³/mol. The van der Waals surface area contributed by atoms with Crippen molar-refractivity contribution in [3.63, 3.8) is 0 Å². The molecule has 0 atom stereocenters. The fraction of sp³-hybridized carbons (Fsp3) is 0.294. The van der Waals surface area contributed by atoms with E-state index in [1.807, 2.05) is 49.4 Å². The summed E-state index contributed by atoms with van der Waals surface area (Å²) in [5.74, 6) is 1.87. The number of carbonyl (C=O) groups is 1. The van der Waals surface area contributed by atoms with Crippen molar-refractivity contribution < 1.29 is 9.21 Å². The third-order valence-electron chi connectivity index (χ3n) is 3.61. The highest BCUT2D eigenvalue weighted by atomic mass is 32.2. The van der Waals surface area contributed by atoms with Gasteiger partial charge in [0.1, 0.15) is 11.5 Å². The lowest BCUT2D eigenvalue weighted by Crippen LogP contribution is -2.27. The molecule has 2 aromatic heterocycles. The molecule has 3 aromatic rings. The molecule has 0 saturated carbocycles. The molecule has 8 heteroatoms. The van der Waals surface area contributed by atoms with Gasteiger partial charge in [-0.1, -0.05) is 42.1 Å². The number of carbonyl (C=O) groups excluding carboxylic acids is 1. The van der Waals surface area contributed by atoms with E-state index in [-0.39, 0.29) is 11.7 Å². The molecule has 0 unspecified atom stereocenters. The number of aromatic nitrogens is 4. The topological polar surface area (TPSA) is 77.1 Å². The summed E-state index contributed by atoms with van der Waals surface area (Å²) in [5.41, 5.74) is 1.10. The minimum absolute atomic E-state index is 0.00619. The third-order valence-corrected chi connectivity index (χ3v) is 4.56. The molecule has 7 nitrogen and oxygen atoms in total. The summed E-state index contributed by atoms with van der Waals surface area (Å²) in [6, 6.07) is 13.7. The minimum Gasteiger partial charge on any atom is -0.464 e. The van der Waals surface area contributed by atoms with Crippen molar-refractivity contribution in [1.29, 1.82) is 0 Å². The second-order valence-corrected chi connectivity index (χ2v) is 6.60. The molecular weight excluding hydrogens is 338 g/mol. The van der Waals surface area contributed by atoms with Crippen molar-refractivity contribution in [2.45, 2.75) is 25.2 Å². The smallest absolute Gasteiger partial charge is 0.233 e. The van der Waals surface area contributed by atoms with E-state index in [2.05, 4.69) is 15.5 Å². The summed E-state index contributed by atoms with van der Waals surface area (Å²) in [6.45, 7) is 2.90. The fourth-order valence-corrected chi connectivity index (χ4v) is 3.10. The molecule has 3 rings (SSSR count). The van der Waals surface area contributed by atoms with Gasteiger partial charge >= 0.3 is 0 Å². The van der Waals surface area contributed by atoms with Crippen molar-refractivity contribution in [2.24, 2.45) is 0 Å². The van der Waals surface area contributed by atoms with E-state index < -0.39 is 0 Å². The first-order valence-corrected chi connectivity index (χ1v) is 8.82. The minimum atomic E-state index is -0.00619. The molecule has 0 saturated heterocycles. The maximum Gasteiger partial charge on any atom is 0.233 e. The van der Waals surface area contributed by atoms with E-state index >= 15 is 0 Å². The Morgan fingerprint density at radius 1 is 1.24 bits per heavy atom. The van der Waals surface area contributed by atoms with Crippen molar-refractivity contribution in [3.05, 3.63) is 59.5 Å². The lowest BCUT2D eigenvalue weighted by molar-refractivity contribution is -0.127. The second kappa shape index (κ2) is 7.98. The molecule has 0 aliphatic heterocycles. The molecule has 25 heavy (non-hydrogen) atoms. The van der Waals surface area contributed by atoms with Crippen molar-refractivity contribution in [1.82, 2.24) is 25.1 Å². The number of aryl methyl sites for hydroxylation is 1. The highest BCUT2D eigenvalue weighted by Crippen LogP contribution is 2.16. The molecular formula is C17H19N5O2S. The van der Waals surface area contributed by atoms with Crippen LogP contribution in [-0.2, 0) is 17.9 Å². The van der Waals surface area contributed by atoms with Gasteiger partial charge < -0.3 is 9.32 Å². The second-order valence-electron chi connectivity index (χ2n) is 5.66. The number of thioether (sulfide) groups is 1. The van der Waals surface area contributed by atoms with Gasteiger partial charge in [0, 0.05) is 7.05 Å². The van der Waals surface area contributed by atoms with Crippen LogP contribution < -0.4 is 0 Å². The van der Waals surface area contributed by atoms with E-state index in [1.54, 1.807) is 16.6 Å². The Balaban J connectivity index is 1.54. The van der Waals surface area contributed by atoms with E-state index in [9.17, 15) is 4.79 Å². The van der Waals surface area contributed by atoms with Crippen LogP contribution >= 0.6 is 11.8 Å². The molecule has 0 aliphatic rings. The Hall–Kier alpha value is -2.61. The molecule has 130 valence electrons. The molecule has 0 fully saturated rings. The summed E-state index contributed by atoms with van der Waals surface area (Å²) in [4.78, 5) is 13.9. The zero-order chi connectivity index (χ0) is 17.6. The van der Waals surface area contributed by atoms with Crippen LogP contribution in [0.3, 0.4) is 0 Å². The van der Waals surface area contributed by atoms with Crippen LogP contribution in [0.25, 0.3) is 0 Å². The van der Waals surface area contributed by atoms with Crippen molar-refractivity contribution in [3.8, 4) is 0 Å². The first-order valence-electron chi connectivity index (χ1n) is 7.84. The summed E-state index contributed by atoms with van der Waals surface area (Å²) in [6.07, 6.45) is 0. The predicted octanol–water partition coefficient (Wildman–Crippen LogP) is 2.37. The van der Waals surface area contributed by atoms with Crippen LogP contribution in [0.15, 0.2) is 52.0 Å². The van der Waals surface area contributed by atoms with Gasteiger partial charge in [0.05, 0.1) is 18.8 Å². The summed E-state index contributed by atoms with van der Waals surface area (Å²) >= 11 is 1.33. The van der Waals surface area contributed by atoms with Gasteiger partial charge in [0.15, 0.2) is 0 Å². The standard InChI is InChI=1S/C17H19N5O2S/c1-13-8-9-15(24-13)11-21(2)16(23)12-25-17-18-19-20-22(17)10-14-6-4-3-5-7-14/h3-9H,10-12H2,1-2H3. The maximum absolute atomic E-state index is 12.3. The number of furan rings is 1. The quantitative estimate of drug-likeness (QED) is 0.604. The summed E-state index contributed by atoms with van der Waals surface area (Å²) in [5, 5.41) is 12.3. The van der Waals surface area contributed by atoms with E-state index in [0.29, 0.717) is 18.2 Å². The molecule has 1 aromatic carbocycles. The lowest BCUT2D eigenvalue weighted by Gasteiger charge is -2.15. The fourth-order valence-electron chi connectivity index (χ4n) is 2.28. The highest BCUT2D eigenvalue weighted by molar-refractivity contribution is 7.99. The molecule has 0 aliphatic carbocycles. The Labute approximate surface area is 150 Å². The van der Waals surface area contributed by atoms with Crippen LogP contribution in [0.5, 0.6) is 0 Å². The van der Waals surface area contributed by atoms with Crippen molar-refractivity contribution >= 4 is 17.7 Å². The number of hydrogen-bond acceptors (Lipinski definition) is 6. The van der Waals surface area contributed by atoms with Gasteiger partial charge in [-0.05, 0) is 35.0 Å². The lowest BCUT2D eigenvalue weighted by atomic mass is 10.2. The van der Waals surface area contributed by atoms with Crippen LogP contribution in [0.4, 0.5) is 0 Å². The van der Waals surface area contributed by atoms with E-state index in [0.717, 1.165) is 17.1 Å². The Kier molecular flexibility index (Phi) is 5.49. The monoisotopic (exact) mass is 357 g/mol. The number of tetrazole rings is 1. The summed E-state index contributed by atoms with van der Waals surface area (Å²) in [7, 11) is 1.76. The zero-order valence-corrected chi connectivity index (χ0v) is 14.9. The van der Waals surface area contributed by atoms with Crippen LogP contribution in [0.2, 0.25) is 0 Å². The van der Waals surface area contributed by atoms with Gasteiger partial charge in [-0.15, -0.1) is 5.10 Å². The number of amides is 1. The third kappa shape index (κ3) is 4.69. The highest BCUT2D eigenvalue weighted by Gasteiger charge is 2.14. The average Bonchev–Trinajstić information content (AvgIpc) is 3.22. The zero-order valence-electron chi connectivity index (χ0n) is 14.1. The Morgan fingerprint density at radius 3 is 2.76 bits per heavy atom. The van der Waals surface area contributed by atoms with E-state index in [4.69, 9.17) is 4.42 Å². The van der Waals surface area contributed by atoms with Crippen LogP contribution in [-0.4, -0.2) is 43.8 Å². The molecule has 2 heterocycles. The number of benzene rings is 1. The van der Waals surface area contributed by atoms with Gasteiger partial charge in [-0.3, -0.25) is 4.79 Å². The first-order chi connectivity index (χ1) is 12.1. The van der Waals surface area contributed by atoms with E-state index in [1.165, 1.54) is 11.8 Å². The van der Waals surface area contributed by atoms with Crippen LogP contribution in [0.1, 0.15) is 17.1 Å². The SMILES string of the molecule is Cc1ccc(CN(C)C(=O)CSc2nnnn2Cc2ccccc2)o1. The van der Waals surface area contributed by atoms with Gasteiger partial charge in [0.2, 0.25) is 11.1 Å². The van der Waals surface area contributed by atoms with Crippen molar-refractivity contribution in [2.75, 3.05) is 12.8 Å². The van der Waals surface area contributed by atoms with Gasteiger partial charge in [-0.25, -0.2) is 4.68 Å². The molecule has 0 bridgehead atoms. The Morgan fingerprint density at radius 2 is 2.04 bits per heavy atom. The normalized spacial score (nSPS) is 10.8.